The quantitative estimate of drug-likeness (QED) is 0.381. The minimum Gasteiger partial charge on any atom is -0.454 e. The van der Waals surface area contributed by atoms with E-state index in [0.717, 1.165) is 5.56 Å². The van der Waals surface area contributed by atoms with E-state index in [2.05, 4.69) is 15.0 Å². The van der Waals surface area contributed by atoms with Gasteiger partial charge in [0.25, 0.3) is 5.91 Å². The van der Waals surface area contributed by atoms with Gasteiger partial charge in [0.2, 0.25) is 5.82 Å². The van der Waals surface area contributed by atoms with Crippen LogP contribution in [-0.4, -0.2) is 41.2 Å². The van der Waals surface area contributed by atoms with Crippen LogP contribution in [-0.2, 0) is 33.5 Å². The summed E-state index contributed by atoms with van der Waals surface area (Å²) in [6.45, 7) is -4.20. The third kappa shape index (κ3) is 6.64. The topological polar surface area (TPSA) is 82.5 Å². The van der Waals surface area contributed by atoms with E-state index in [0.29, 0.717) is 11.0 Å². The lowest BCUT2D eigenvalue weighted by Gasteiger charge is -2.11. The van der Waals surface area contributed by atoms with Gasteiger partial charge in [0.05, 0.1) is 11.0 Å². The number of benzene rings is 2. The van der Waals surface area contributed by atoms with Gasteiger partial charge in [-0.05, 0) is 36.2 Å². The summed E-state index contributed by atoms with van der Waals surface area (Å²) in [7, 11) is 0. The first kappa shape index (κ1) is 24.0. The molecule has 12 heteroatoms. The molecule has 0 radical (unpaired) electrons. The fraction of sp³-hybridized carbons (Fsp3) is 0.286. The van der Waals surface area contributed by atoms with E-state index >= 15 is 0 Å². The molecule has 1 aromatic heterocycles. The number of hydrogen-bond acceptors (Lipinski definition) is 5. The van der Waals surface area contributed by atoms with E-state index in [1.165, 1.54) is 36.4 Å². The number of alkyl halides is 5. The smallest absolute Gasteiger partial charge is 0.449 e. The van der Waals surface area contributed by atoms with Gasteiger partial charge in [0, 0.05) is 6.54 Å². The molecule has 3 rings (SSSR count). The summed E-state index contributed by atoms with van der Waals surface area (Å²) in [6, 6.07) is 11.6. The summed E-state index contributed by atoms with van der Waals surface area (Å²) in [4.78, 5) is 27.4. The van der Waals surface area contributed by atoms with Gasteiger partial charge in [-0.25, -0.2) is 4.98 Å². The van der Waals surface area contributed by atoms with Crippen LogP contribution >= 0.6 is 0 Å². The number of amides is 1. The van der Waals surface area contributed by atoms with Gasteiger partial charge in [-0.1, -0.05) is 24.3 Å². The molecule has 2 aromatic carbocycles. The maximum atomic E-state index is 13.3. The van der Waals surface area contributed by atoms with Crippen molar-refractivity contribution < 1.29 is 41.0 Å². The Labute approximate surface area is 184 Å². The van der Waals surface area contributed by atoms with Crippen molar-refractivity contribution >= 4 is 22.9 Å². The predicted molar refractivity (Wildman–Crippen MR) is 105 cm³/mol. The summed E-state index contributed by atoms with van der Waals surface area (Å²) in [5.41, 5.74) is 0.918. The van der Waals surface area contributed by atoms with Gasteiger partial charge < -0.3 is 19.4 Å². The number of hydrogen-bond donors (Lipinski definition) is 1. The molecule has 0 fully saturated rings. The van der Waals surface area contributed by atoms with Crippen LogP contribution in [0, 0.1) is 0 Å². The number of para-hydroxylation sites is 2. The molecule has 1 N–H and O–H groups in total. The van der Waals surface area contributed by atoms with Gasteiger partial charge >= 0.3 is 18.8 Å². The lowest BCUT2D eigenvalue weighted by atomic mass is 10.1. The lowest BCUT2D eigenvalue weighted by molar-refractivity contribution is -0.153. The number of rotatable bonds is 9. The van der Waals surface area contributed by atoms with Crippen LogP contribution in [0.4, 0.5) is 22.0 Å². The van der Waals surface area contributed by atoms with Crippen LogP contribution in [0.1, 0.15) is 11.4 Å². The highest BCUT2D eigenvalue weighted by molar-refractivity contribution is 5.82. The number of fused-ring (bicyclic) bond motifs is 1. The largest absolute Gasteiger partial charge is 0.454 e. The van der Waals surface area contributed by atoms with E-state index in [1.807, 2.05) is 0 Å². The zero-order valence-corrected chi connectivity index (χ0v) is 16.9. The summed E-state index contributed by atoms with van der Waals surface area (Å²) in [5, 5.41) is 2.49. The average Bonchev–Trinajstić information content (AvgIpc) is 3.12. The maximum absolute atomic E-state index is 13.3. The molecule has 0 aliphatic carbocycles. The van der Waals surface area contributed by atoms with E-state index in [4.69, 9.17) is 4.74 Å². The molecule has 0 aliphatic heterocycles. The summed E-state index contributed by atoms with van der Waals surface area (Å²) in [6.07, 6.45) is -4.41. The summed E-state index contributed by atoms with van der Waals surface area (Å²) >= 11 is 0. The van der Waals surface area contributed by atoms with Crippen molar-refractivity contribution in [2.24, 2.45) is 0 Å². The molecule has 0 unspecified atom stereocenters. The fourth-order valence-electron chi connectivity index (χ4n) is 3.01. The van der Waals surface area contributed by atoms with E-state index < -0.39 is 43.6 Å². The SMILES string of the molecule is O=C(COC(=O)Cn1c(C(F)(F)F)nc2ccccc21)NCCc1ccc(OC(F)F)cc1. The lowest BCUT2D eigenvalue weighted by Crippen LogP contribution is -2.31. The third-order valence-corrected chi connectivity index (χ3v) is 4.44. The highest BCUT2D eigenvalue weighted by atomic mass is 19.4. The molecule has 1 amide bonds. The Kier molecular flexibility index (Phi) is 7.46. The fourth-order valence-corrected chi connectivity index (χ4v) is 3.01. The second kappa shape index (κ2) is 10.3. The first-order valence-corrected chi connectivity index (χ1v) is 9.62. The number of nitrogens with one attached hydrogen (secondary N) is 1. The van der Waals surface area contributed by atoms with E-state index in [9.17, 15) is 31.5 Å². The molecule has 176 valence electrons. The van der Waals surface area contributed by atoms with Crippen molar-refractivity contribution in [1.82, 2.24) is 14.9 Å². The zero-order valence-electron chi connectivity index (χ0n) is 16.9. The monoisotopic (exact) mass is 471 g/mol. The second-order valence-electron chi connectivity index (χ2n) is 6.79. The molecule has 0 bridgehead atoms. The number of nitrogens with zero attached hydrogens (tertiary/aromatic N) is 2. The first-order chi connectivity index (χ1) is 15.6. The molecule has 7 nitrogen and oxygen atoms in total. The number of carbonyl (C=O) groups excluding carboxylic acids is 2. The van der Waals surface area contributed by atoms with Crippen LogP contribution in [0.5, 0.6) is 5.75 Å². The molecular formula is C21H18F5N3O4. The minimum absolute atomic E-state index is 0.00375. The van der Waals surface area contributed by atoms with E-state index in [1.54, 1.807) is 12.1 Å². The van der Waals surface area contributed by atoms with Gasteiger partial charge in [-0.2, -0.15) is 22.0 Å². The number of esters is 1. The number of carbonyl (C=O) groups is 2. The first-order valence-electron chi connectivity index (χ1n) is 9.62. The molecule has 1 heterocycles. The Balaban J connectivity index is 1.48. The summed E-state index contributed by atoms with van der Waals surface area (Å²) < 4.78 is 73.8. The Morgan fingerprint density at radius 1 is 1.06 bits per heavy atom. The highest BCUT2D eigenvalue weighted by Crippen LogP contribution is 2.31. The molecule has 0 saturated heterocycles. The van der Waals surface area contributed by atoms with Gasteiger partial charge in [0.15, 0.2) is 6.61 Å². The van der Waals surface area contributed by atoms with Crippen molar-refractivity contribution in [3.63, 3.8) is 0 Å². The van der Waals surface area contributed by atoms with Gasteiger partial charge in [0.1, 0.15) is 12.3 Å². The Bertz CT molecular complexity index is 1110. The standard InChI is InChI=1S/C21H18F5N3O4/c22-20(23)33-14-7-5-13(6-8-14)9-10-27-17(30)12-32-18(31)11-29-16-4-2-1-3-15(16)28-19(29)21(24,25)26/h1-8,20H,9-12H2,(H,27,30). The minimum atomic E-state index is -4.78. The number of aromatic nitrogens is 2. The molecule has 0 atom stereocenters. The van der Waals surface area contributed by atoms with Crippen LogP contribution in [0.25, 0.3) is 11.0 Å². The van der Waals surface area contributed by atoms with Crippen LogP contribution in [0.3, 0.4) is 0 Å². The predicted octanol–water partition coefficient (Wildman–Crippen LogP) is 3.56. The number of imidazole rings is 1. The van der Waals surface area contributed by atoms with Crippen molar-refractivity contribution in [1.29, 1.82) is 0 Å². The van der Waals surface area contributed by atoms with E-state index in [-0.39, 0.29) is 23.3 Å². The van der Waals surface area contributed by atoms with Gasteiger partial charge in [-0.3, -0.25) is 9.59 Å². The molecule has 0 aliphatic rings. The average molecular weight is 471 g/mol. The molecular weight excluding hydrogens is 453 g/mol. The molecule has 33 heavy (non-hydrogen) atoms. The third-order valence-electron chi connectivity index (χ3n) is 4.44. The Hall–Kier alpha value is -3.70. The van der Waals surface area contributed by atoms with Gasteiger partial charge in [-0.15, -0.1) is 0 Å². The molecule has 0 saturated carbocycles. The normalized spacial score (nSPS) is 11.6. The van der Waals surface area contributed by atoms with Crippen LogP contribution in [0.2, 0.25) is 0 Å². The zero-order chi connectivity index (χ0) is 24.0. The maximum Gasteiger partial charge on any atom is 0.449 e. The summed E-state index contributed by atoms with van der Waals surface area (Å²) in [5.74, 6) is -2.92. The van der Waals surface area contributed by atoms with Crippen molar-refractivity contribution in [2.75, 3.05) is 13.2 Å². The highest BCUT2D eigenvalue weighted by Gasteiger charge is 2.38. The molecule has 0 spiro atoms. The Morgan fingerprint density at radius 3 is 2.42 bits per heavy atom. The second-order valence-corrected chi connectivity index (χ2v) is 6.79. The Morgan fingerprint density at radius 2 is 1.76 bits per heavy atom. The number of halogens is 5. The van der Waals surface area contributed by atoms with Crippen molar-refractivity contribution in [3.05, 3.63) is 59.9 Å². The number of ether oxygens (including phenoxy) is 2. The van der Waals surface area contributed by atoms with Crippen molar-refractivity contribution in [3.8, 4) is 5.75 Å². The van der Waals surface area contributed by atoms with Crippen LogP contribution < -0.4 is 10.1 Å². The van der Waals surface area contributed by atoms with Crippen molar-refractivity contribution in [2.45, 2.75) is 25.8 Å². The molecule has 3 aromatic rings. The van der Waals surface area contributed by atoms with Crippen LogP contribution in [0.15, 0.2) is 48.5 Å².